The molecule has 1 aliphatic heterocycles. The molecule has 0 amide bonds. The molecule has 0 saturated heterocycles. The second-order valence-corrected chi connectivity index (χ2v) is 12.7. The number of benzene rings is 1. The first-order valence-corrected chi connectivity index (χ1v) is 12.9. The van der Waals surface area contributed by atoms with Crippen molar-refractivity contribution in [3.8, 4) is 0 Å². The third kappa shape index (κ3) is 7.44. The van der Waals surface area contributed by atoms with E-state index in [4.69, 9.17) is 13.9 Å². The average molecular weight is 389 g/mol. The van der Waals surface area contributed by atoms with Crippen molar-refractivity contribution < 1.29 is 18.7 Å². The minimum absolute atomic E-state index is 0.269. The lowest BCUT2D eigenvalue weighted by Gasteiger charge is -2.39. The molecule has 0 spiro atoms. The van der Waals surface area contributed by atoms with Gasteiger partial charge in [0.25, 0.3) is 0 Å². The number of hydrogen-bond donors (Lipinski definition) is 0. The maximum absolute atomic E-state index is 11.7. The van der Waals surface area contributed by atoms with Crippen LogP contribution in [0.1, 0.15) is 32.3 Å². The quantitative estimate of drug-likeness (QED) is 0.258. The largest absolute Gasteiger partial charge is 0.459 e. The summed E-state index contributed by atoms with van der Waals surface area (Å²) in [7, 11) is -1.76. The van der Waals surface area contributed by atoms with Crippen LogP contribution < -0.4 is 0 Å². The molecule has 0 bridgehead atoms. The molecule has 5 heteroatoms. The van der Waals surface area contributed by atoms with Crippen LogP contribution in [-0.2, 0) is 25.3 Å². The van der Waals surface area contributed by atoms with Crippen LogP contribution in [0.2, 0.25) is 19.6 Å². The highest BCUT2D eigenvalue weighted by molar-refractivity contribution is 6.69. The van der Waals surface area contributed by atoms with Crippen LogP contribution in [0.4, 0.5) is 0 Å². The molecule has 2 rings (SSSR count). The number of hydrogen-bond acceptors (Lipinski definition) is 4. The summed E-state index contributed by atoms with van der Waals surface area (Å²) in [5.74, 6) is -0.269. The van der Waals surface area contributed by atoms with Crippen molar-refractivity contribution in [1.29, 1.82) is 0 Å². The van der Waals surface area contributed by atoms with E-state index in [9.17, 15) is 4.79 Å². The summed E-state index contributed by atoms with van der Waals surface area (Å²) in [5, 5.41) is 0. The molecule has 1 atom stereocenters. The number of rotatable bonds is 9. The molecule has 0 N–H and O–H groups in total. The van der Waals surface area contributed by atoms with Crippen LogP contribution in [0.3, 0.4) is 0 Å². The SMILES string of the molecule is C/C(=C\COCc1ccccc1)CCC1=CC(=O)OC[C@@]1(C)O[Si](C)(C)C. The number of carbonyl (C=O) groups is 1. The van der Waals surface area contributed by atoms with Crippen molar-refractivity contribution in [2.24, 2.45) is 0 Å². The number of carbonyl (C=O) groups excluding carboxylic acids is 1. The normalized spacial score (nSPS) is 21.0. The molecule has 4 nitrogen and oxygen atoms in total. The van der Waals surface area contributed by atoms with Gasteiger partial charge in [-0.1, -0.05) is 42.0 Å². The molecule has 27 heavy (non-hydrogen) atoms. The third-order valence-corrected chi connectivity index (χ3v) is 5.51. The fraction of sp³-hybridized carbons (Fsp3) is 0.500. The van der Waals surface area contributed by atoms with E-state index in [-0.39, 0.29) is 5.97 Å². The zero-order valence-corrected chi connectivity index (χ0v) is 18.2. The second-order valence-electron chi connectivity index (χ2n) is 8.27. The van der Waals surface area contributed by atoms with Gasteiger partial charge in [0.15, 0.2) is 8.32 Å². The highest BCUT2D eigenvalue weighted by Crippen LogP contribution is 2.33. The zero-order chi connectivity index (χ0) is 19.9. The standard InChI is InChI=1S/C22H32O4Si/c1-18(13-14-24-16-19-9-7-6-8-10-19)11-12-20-15-21(23)25-17-22(20,2)26-27(3,4)5/h6-10,13,15H,11-12,14,16-17H2,1-5H3/b18-13+/t22-/m1/s1. The Hall–Kier alpha value is -1.69. The van der Waals surface area contributed by atoms with E-state index in [0.29, 0.717) is 19.8 Å². The summed E-state index contributed by atoms with van der Waals surface area (Å²) < 4.78 is 17.3. The molecular formula is C22H32O4Si. The molecule has 0 unspecified atom stereocenters. The number of cyclic esters (lactones) is 1. The van der Waals surface area contributed by atoms with Crippen LogP contribution in [0.15, 0.2) is 53.6 Å². The maximum Gasteiger partial charge on any atom is 0.330 e. The Morgan fingerprint density at radius 3 is 2.63 bits per heavy atom. The third-order valence-electron chi connectivity index (χ3n) is 4.44. The van der Waals surface area contributed by atoms with Crippen LogP contribution in [0, 0.1) is 0 Å². The fourth-order valence-electron chi connectivity index (χ4n) is 3.13. The Morgan fingerprint density at radius 1 is 1.26 bits per heavy atom. The molecule has 0 aromatic heterocycles. The lowest BCUT2D eigenvalue weighted by Crippen LogP contribution is -2.47. The van der Waals surface area contributed by atoms with Gasteiger partial charge in [0.1, 0.15) is 12.2 Å². The van der Waals surface area contributed by atoms with Crippen molar-refractivity contribution in [3.63, 3.8) is 0 Å². The molecule has 0 radical (unpaired) electrons. The van der Waals surface area contributed by atoms with Crippen LogP contribution in [0.5, 0.6) is 0 Å². The Labute approximate surface area is 164 Å². The fourth-order valence-corrected chi connectivity index (χ4v) is 4.67. The van der Waals surface area contributed by atoms with Gasteiger partial charge in [-0.3, -0.25) is 0 Å². The van der Waals surface area contributed by atoms with Gasteiger partial charge in [-0.05, 0) is 57.5 Å². The Balaban J connectivity index is 1.87. The van der Waals surface area contributed by atoms with Gasteiger partial charge in [0.05, 0.1) is 13.2 Å². The van der Waals surface area contributed by atoms with E-state index in [1.807, 2.05) is 25.1 Å². The Kier molecular flexibility index (Phi) is 7.59. The van der Waals surface area contributed by atoms with E-state index in [1.165, 1.54) is 11.1 Å². The molecule has 0 aliphatic carbocycles. The summed E-state index contributed by atoms with van der Waals surface area (Å²) in [6.45, 7) is 12.1. The molecule has 0 fully saturated rings. The van der Waals surface area contributed by atoms with E-state index in [1.54, 1.807) is 6.08 Å². The van der Waals surface area contributed by atoms with Crippen molar-refractivity contribution in [2.45, 2.75) is 58.5 Å². The van der Waals surface area contributed by atoms with Crippen LogP contribution in [-0.4, -0.2) is 33.1 Å². The van der Waals surface area contributed by atoms with E-state index in [2.05, 4.69) is 44.8 Å². The molecule has 1 heterocycles. The Morgan fingerprint density at radius 2 is 1.96 bits per heavy atom. The summed E-state index contributed by atoms with van der Waals surface area (Å²) in [4.78, 5) is 11.7. The molecule has 1 aromatic rings. The number of allylic oxidation sites excluding steroid dienone is 1. The van der Waals surface area contributed by atoms with Crippen molar-refractivity contribution in [1.82, 2.24) is 0 Å². The van der Waals surface area contributed by atoms with Gasteiger partial charge in [0.2, 0.25) is 0 Å². The van der Waals surface area contributed by atoms with Gasteiger partial charge < -0.3 is 13.9 Å². The lowest BCUT2D eigenvalue weighted by molar-refractivity contribution is -0.145. The van der Waals surface area contributed by atoms with Crippen molar-refractivity contribution in [3.05, 3.63) is 59.2 Å². The first-order chi connectivity index (χ1) is 12.7. The molecule has 1 aromatic carbocycles. The number of esters is 1. The van der Waals surface area contributed by atoms with Gasteiger partial charge >= 0.3 is 5.97 Å². The first-order valence-electron chi connectivity index (χ1n) is 9.53. The zero-order valence-electron chi connectivity index (χ0n) is 17.2. The monoisotopic (exact) mass is 388 g/mol. The predicted octanol–water partition coefficient (Wildman–Crippen LogP) is 5.02. The summed E-state index contributed by atoms with van der Waals surface area (Å²) in [5.41, 5.74) is 2.94. The van der Waals surface area contributed by atoms with E-state index < -0.39 is 13.9 Å². The smallest absolute Gasteiger partial charge is 0.330 e. The van der Waals surface area contributed by atoms with E-state index in [0.717, 1.165) is 18.4 Å². The van der Waals surface area contributed by atoms with Crippen molar-refractivity contribution >= 4 is 14.3 Å². The predicted molar refractivity (Wildman–Crippen MR) is 111 cm³/mol. The second kappa shape index (κ2) is 9.49. The molecule has 148 valence electrons. The lowest BCUT2D eigenvalue weighted by atomic mass is 9.89. The minimum atomic E-state index is -1.76. The molecule has 0 saturated carbocycles. The summed E-state index contributed by atoms with van der Waals surface area (Å²) in [6.07, 6.45) is 5.39. The van der Waals surface area contributed by atoms with E-state index >= 15 is 0 Å². The maximum atomic E-state index is 11.7. The summed E-state index contributed by atoms with van der Waals surface area (Å²) in [6, 6.07) is 10.2. The highest BCUT2D eigenvalue weighted by Gasteiger charge is 2.39. The minimum Gasteiger partial charge on any atom is -0.459 e. The Bertz CT molecular complexity index is 688. The first kappa shape index (κ1) is 21.6. The molecular weight excluding hydrogens is 356 g/mol. The number of ether oxygens (including phenoxy) is 2. The van der Waals surface area contributed by atoms with Crippen LogP contribution in [0.25, 0.3) is 0 Å². The van der Waals surface area contributed by atoms with Gasteiger partial charge in [-0.25, -0.2) is 4.79 Å². The topological polar surface area (TPSA) is 44.8 Å². The van der Waals surface area contributed by atoms with Gasteiger partial charge in [-0.15, -0.1) is 0 Å². The van der Waals surface area contributed by atoms with Crippen LogP contribution >= 0.6 is 0 Å². The van der Waals surface area contributed by atoms with Crippen molar-refractivity contribution in [2.75, 3.05) is 13.2 Å². The average Bonchev–Trinajstić information content (AvgIpc) is 2.59. The van der Waals surface area contributed by atoms with Gasteiger partial charge in [0, 0.05) is 6.08 Å². The summed E-state index contributed by atoms with van der Waals surface area (Å²) >= 11 is 0. The highest BCUT2D eigenvalue weighted by atomic mass is 28.4. The van der Waals surface area contributed by atoms with Gasteiger partial charge in [-0.2, -0.15) is 0 Å². The molecule has 1 aliphatic rings.